The molecule has 1 heterocycles. The number of hydrogen-bond acceptors (Lipinski definition) is 6. The van der Waals surface area contributed by atoms with Gasteiger partial charge in [-0.25, -0.2) is 4.79 Å². The van der Waals surface area contributed by atoms with Gasteiger partial charge in [-0.15, -0.1) is 0 Å². The average molecular weight is 469 g/mol. The summed E-state index contributed by atoms with van der Waals surface area (Å²) in [6, 6.07) is 14.2. The van der Waals surface area contributed by atoms with Gasteiger partial charge >= 0.3 is 12.1 Å². The minimum atomic E-state index is -1.25. The molecule has 0 bridgehead atoms. The van der Waals surface area contributed by atoms with Gasteiger partial charge < -0.3 is 30.0 Å². The molecule has 4 rings (SSSR count). The lowest BCUT2D eigenvalue weighted by Gasteiger charge is -2.27. The molecule has 2 aliphatic rings. The maximum atomic E-state index is 12.8. The predicted octanol–water partition coefficient (Wildman–Crippen LogP) is 2.15. The molecule has 9 nitrogen and oxygen atoms in total. The smallest absolute Gasteiger partial charge is 0.407 e. The second kappa shape index (κ2) is 9.82. The molecule has 0 aromatic heterocycles. The lowest BCUT2D eigenvalue weighted by atomic mass is 9.85. The maximum absolute atomic E-state index is 12.8. The summed E-state index contributed by atoms with van der Waals surface area (Å²) in [5.41, 5.74) is 3.14. The molecule has 3 N–H and O–H groups in total. The lowest BCUT2D eigenvalue weighted by Crippen LogP contribution is -2.56. The Bertz CT molecular complexity index is 1040. The Morgan fingerprint density at radius 1 is 1.12 bits per heavy atom. The first-order valence-corrected chi connectivity index (χ1v) is 11.1. The Labute approximate surface area is 197 Å². The summed E-state index contributed by atoms with van der Waals surface area (Å²) in [4.78, 5) is 37.0. The van der Waals surface area contributed by atoms with Crippen molar-refractivity contribution in [2.75, 3.05) is 33.5 Å². The Kier molecular flexibility index (Phi) is 6.85. The standard InChI is InChI=1S/C25H28N2O7/c1-25(23(29)30)14-33-13-21(25)27-22(28)20(12-32-2)26-24(31)34-11-19-17-9-5-3-7-15(17)16-8-4-6-10-18(16)19/h3-10,19-21H,11-14H2,1-2H3,(H,26,31)(H,27,28)(H,29,30). The van der Waals surface area contributed by atoms with Crippen molar-refractivity contribution in [2.24, 2.45) is 5.41 Å². The summed E-state index contributed by atoms with van der Waals surface area (Å²) in [7, 11) is 1.40. The fourth-order valence-corrected chi connectivity index (χ4v) is 4.49. The van der Waals surface area contributed by atoms with Crippen LogP contribution in [0.1, 0.15) is 24.0 Å². The van der Waals surface area contributed by atoms with Crippen LogP contribution >= 0.6 is 0 Å². The molecule has 0 saturated carbocycles. The number of alkyl carbamates (subject to hydrolysis) is 1. The van der Waals surface area contributed by atoms with Gasteiger partial charge in [0, 0.05) is 13.0 Å². The number of carboxylic acid groups (broad SMARTS) is 1. The molecule has 3 unspecified atom stereocenters. The van der Waals surface area contributed by atoms with Crippen molar-refractivity contribution in [3.63, 3.8) is 0 Å². The number of hydrogen-bond donors (Lipinski definition) is 3. The molecule has 180 valence electrons. The average Bonchev–Trinajstić information content (AvgIpc) is 3.36. The van der Waals surface area contributed by atoms with Crippen LogP contribution in [-0.2, 0) is 23.8 Å². The van der Waals surface area contributed by atoms with Crippen molar-refractivity contribution in [3.05, 3.63) is 59.7 Å². The van der Waals surface area contributed by atoms with Gasteiger partial charge in [0.25, 0.3) is 0 Å². The molecule has 2 aromatic carbocycles. The summed E-state index contributed by atoms with van der Waals surface area (Å²) >= 11 is 0. The van der Waals surface area contributed by atoms with E-state index in [1.807, 2.05) is 48.5 Å². The molecule has 3 atom stereocenters. The zero-order chi connectivity index (χ0) is 24.3. The fourth-order valence-electron chi connectivity index (χ4n) is 4.49. The predicted molar refractivity (Wildman–Crippen MR) is 122 cm³/mol. The molecule has 2 aromatic rings. The van der Waals surface area contributed by atoms with Gasteiger partial charge in [0.15, 0.2) is 0 Å². The molecule has 1 fully saturated rings. The number of carbonyl (C=O) groups is 3. The van der Waals surface area contributed by atoms with Crippen LogP contribution in [0, 0.1) is 5.41 Å². The first-order chi connectivity index (χ1) is 16.3. The van der Waals surface area contributed by atoms with Crippen LogP contribution in [0.4, 0.5) is 4.79 Å². The molecule has 2 amide bonds. The van der Waals surface area contributed by atoms with E-state index in [0.717, 1.165) is 22.3 Å². The van der Waals surface area contributed by atoms with E-state index in [4.69, 9.17) is 14.2 Å². The van der Waals surface area contributed by atoms with Crippen molar-refractivity contribution < 1.29 is 33.7 Å². The summed E-state index contributed by atoms with van der Waals surface area (Å²) < 4.78 is 15.9. The molecule has 34 heavy (non-hydrogen) atoms. The number of fused-ring (bicyclic) bond motifs is 3. The molecule has 1 aliphatic carbocycles. The van der Waals surface area contributed by atoms with E-state index in [-0.39, 0.29) is 32.3 Å². The normalized spacial score (nSPS) is 21.9. The topological polar surface area (TPSA) is 123 Å². The van der Waals surface area contributed by atoms with Crippen LogP contribution in [0.25, 0.3) is 11.1 Å². The number of nitrogens with one attached hydrogen (secondary N) is 2. The van der Waals surface area contributed by atoms with E-state index in [1.165, 1.54) is 14.0 Å². The zero-order valence-corrected chi connectivity index (χ0v) is 19.1. The number of methoxy groups -OCH3 is 1. The minimum absolute atomic E-state index is 0.0119. The van der Waals surface area contributed by atoms with Crippen molar-refractivity contribution in [3.8, 4) is 11.1 Å². The van der Waals surface area contributed by atoms with Gasteiger partial charge in [-0.05, 0) is 29.2 Å². The summed E-state index contributed by atoms with van der Waals surface area (Å²) in [5.74, 6) is -1.75. The van der Waals surface area contributed by atoms with E-state index in [0.29, 0.717) is 0 Å². The van der Waals surface area contributed by atoms with Crippen LogP contribution in [-0.4, -0.2) is 68.7 Å². The fraction of sp³-hybridized carbons (Fsp3) is 0.400. The van der Waals surface area contributed by atoms with Crippen LogP contribution < -0.4 is 10.6 Å². The van der Waals surface area contributed by atoms with Gasteiger partial charge in [-0.2, -0.15) is 0 Å². The van der Waals surface area contributed by atoms with Crippen LogP contribution in [0.2, 0.25) is 0 Å². The number of carboxylic acids is 1. The number of carbonyl (C=O) groups excluding carboxylic acids is 2. The third-order valence-electron chi connectivity index (χ3n) is 6.55. The van der Waals surface area contributed by atoms with Gasteiger partial charge in [0.05, 0.1) is 25.9 Å². The highest BCUT2D eigenvalue weighted by atomic mass is 16.5. The number of aliphatic carboxylic acids is 1. The second-order valence-corrected chi connectivity index (χ2v) is 8.78. The van der Waals surface area contributed by atoms with E-state index in [1.54, 1.807) is 0 Å². The maximum Gasteiger partial charge on any atom is 0.407 e. The molecule has 0 spiro atoms. The molecule has 9 heteroatoms. The van der Waals surface area contributed by atoms with E-state index >= 15 is 0 Å². The third-order valence-corrected chi connectivity index (χ3v) is 6.55. The second-order valence-electron chi connectivity index (χ2n) is 8.78. The Hall–Kier alpha value is -3.43. The number of benzene rings is 2. The molecular formula is C25H28N2O7. The van der Waals surface area contributed by atoms with Crippen molar-refractivity contribution in [2.45, 2.75) is 24.9 Å². The Morgan fingerprint density at radius 2 is 1.74 bits per heavy atom. The highest BCUT2D eigenvalue weighted by molar-refractivity contribution is 5.87. The molecule has 1 aliphatic heterocycles. The largest absolute Gasteiger partial charge is 0.481 e. The van der Waals surface area contributed by atoms with Gasteiger partial charge in [-0.3, -0.25) is 9.59 Å². The molecule has 0 radical (unpaired) electrons. The van der Waals surface area contributed by atoms with Crippen molar-refractivity contribution in [1.82, 2.24) is 10.6 Å². The van der Waals surface area contributed by atoms with Crippen LogP contribution in [0.3, 0.4) is 0 Å². The van der Waals surface area contributed by atoms with E-state index in [9.17, 15) is 19.5 Å². The lowest BCUT2D eigenvalue weighted by molar-refractivity contribution is -0.149. The molecule has 1 saturated heterocycles. The van der Waals surface area contributed by atoms with Crippen LogP contribution in [0.15, 0.2) is 48.5 Å². The number of amides is 2. The van der Waals surface area contributed by atoms with Crippen molar-refractivity contribution in [1.29, 1.82) is 0 Å². The highest BCUT2D eigenvalue weighted by Gasteiger charge is 2.48. The van der Waals surface area contributed by atoms with Crippen molar-refractivity contribution >= 4 is 18.0 Å². The van der Waals surface area contributed by atoms with Gasteiger partial charge in [-0.1, -0.05) is 48.5 Å². The summed E-state index contributed by atoms with van der Waals surface area (Å²) in [5, 5.41) is 14.7. The SMILES string of the molecule is COCC(NC(=O)OCC1c2ccccc2-c2ccccc21)C(=O)NC1COCC1(C)C(=O)O. The Balaban J connectivity index is 1.39. The minimum Gasteiger partial charge on any atom is -0.481 e. The highest BCUT2D eigenvalue weighted by Crippen LogP contribution is 2.44. The Morgan fingerprint density at radius 3 is 2.32 bits per heavy atom. The summed E-state index contributed by atoms with van der Waals surface area (Å²) in [6.07, 6.45) is -0.761. The zero-order valence-electron chi connectivity index (χ0n) is 19.1. The van der Waals surface area contributed by atoms with Crippen LogP contribution in [0.5, 0.6) is 0 Å². The number of rotatable bonds is 8. The van der Waals surface area contributed by atoms with E-state index < -0.39 is 35.5 Å². The van der Waals surface area contributed by atoms with Gasteiger partial charge in [0.1, 0.15) is 18.1 Å². The summed E-state index contributed by atoms with van der Waals surface area (Å²) in [6.45, 7) is 1.57. The monoisotopic (exact) mass is 468 g/mol. The third kappa shape index (κ3) is 4.49. The number of ether oxygens (including phenoxy) is 3. The molecular weight excluding hydrogens is 440 g/mol. The van der Waals surface area contributed by atoms with E-state index in [2.05, 4.69) is 10.6 Å². The quantitative estimate of drug-likeness (QED) is 0.542. The first kappa shape index (κ1) is 23.7. The van der Waals surface area contributed by atoms with Gasteiger partial charge in [0.2, 0.25) is 5.91 Å². The first-order valence-electron chi connectivity index (χ1n) is 11.1.